The van der Waals surface area contributed by atoms with Gasteiger partial charge in [-0.15, -0.1) is 10.2 Å². The van der Waals surface area contributed by atoms with Gasteiger partial charge < -0.3 is 10.2 Å². The number of carbonyl (C=O) groups is 1. The van der Waals surface area contributed by atoms with Crippen molar-refractivity contribution in [2.24, 2.45) is 10.2 Å². The van der Waals surface area contributed by atoms with Crippen LogP contribution < -0.4 is 0 Å². The predicted molar refractivity (Wildman–Crippen MR) is 111 cm³/mol. The first kappa shape index (κ1) is 19.5. The molecule has 30 heavy (non-hydrogen) atoms. The van der Waals surface area contributed by atoms with Crippen molar-refractivity contribution < 1.29 is 28.0 Å². The van der Waals surface area contributed by atoms with E-state index in [0.29, 0.717) is 10.8 Å². The summed E-state index contributed by atoms with van der Waals surface area (Å²) in [6.07, 6.45) is 0. The Labute approximate surface area is 170 Å². The standard InChI is InChI=1S/C21H14N2O6S/c24-19-15-8-4-3-7-14(15)18(11-16(19)21(25)26)23-22-17-10-9-12-5-1-2-6-13(12)20(17)30(27,28)29/h1-11,24H,(H,25,26)(H,27,28,29). The first-order valence-corrected chi connectivity index (χ1v) is 10.1. The number of hydrogen-bond donors (Lipinski definition) is 3. The van der Waals surface area contributed by atoms with Crippen molar-refractivity contribution in [3.8, 4) is 5.75 Å². The zero-order valence-electron chi connectivity index (χ0n) is 15.2. The van der Waals surface area contributed by atoms with Crippen molar-refractivity contribution in [1.29, 1.82) is 0 Å². The monoisotopic (exact) mass is 422 g/mol. The number of rotatable bonds is 4. The van der Waals surface area contributed by atoms with Gasteiger partial charge in [0.05, 0.1) is 5.69 Å². The molecule has 0 fully saturated rings. The van der Waals surface area contributed by atoms with Gasteiger partial charge in [0.15, 0.2) is 0 Å². The molecule has 0 atom stereocenters. The molecule has 8 nitrogen and oxygen atoms in total. The van der Waals surface area contributed by atoms with E-state index in [1.807, 2.05) is 0 Å². The van der Waals surface area contributed by atoms with Crippen molar-refractivity contribution >= 4 is 49.0 Å². The average molecular weight is 422 g/mol. The molecule has 0 bridgehead atoms. The second-order valence-corrected chi connectivity index (χ2v) is 7.81. The minimum atomic E-state index is -4.62. The molecule has 3 N–H and O–H groups in total. The van der Waals surface area contributed by atoms with E-state index in [0.717, 1.165) is 6.07 Å². The van der Waals surface area contributed by atoms with E-state index in [1.165, 1.54) is 18.2 Å². The number of benzene rings is 4. The van der Waals surface area contributed by atoms with Crippen molar-refractivity contribution in [1.82, 2.24) is 0 Å². The zero-order valence-corrected chi connectivity index (χ0v) is 16.0. The number of hydrogen-bond acceptors (Lipinski definition) is 6. The summed E-state index contributed by atoms with van der Waals surface area (Å²) in [5.41, 5.74) is -0.350. The van der Waals surface area contributed by atoms with Crippen LogP contribution in [0.25, 0.3) is 21.5 Å². The third-order valence-electron chi connectivity index (χ3n) is 4.61. The molecule has 0 aliphatic carbocycles. The van der Waals surface area contributed by atoms with Crippen molar-refractivity contribution in [3.05, 3.63) is 72.3 Å². The van der Waals surface area contributed by atoms with Crippen LogP contribution in [-0.2, 0) is 10.1 Å². The number of phenols is 1. The molecule has 4 aromatic rings. The van der Waals surface area contributed by atoms with Crippen molar-refractivity contribution in [3.63, 3.8) is 0 Å². The van der Waals surface area contributed by atoms with E-state index in [9.17, 15) is 28.0 Å². The third kappa shape index (κ3) is 3.36. The maximum absolute atomic E-state index is 12.0. The lowest BCUT2D eigenvalue weighted by Gasteiger charge is -2.09. The van der Waals surface area contributed by atoms with Crippen LogP contribution in [0.4, 0.5) is 11.4 Å². The largest absolute Gasteiger partial charge is 0.506 e. The highest BCUT2D eigenvalue weighted by Crippen LogP contribution is 2.38. The van der Waals surface area contributed by atoms with E-state index in [-0.39, 0.29) is 27.7 Å². The van der Waals surface area contributed by atoms with Crippen LogP contribution in [0.2, 0.25) is 0 Å². The number of azo groups is 1. The van der Waals surface area contributed by atoms with Gasteiger partial charge in [0.1, 0.15) is 21.9 Å². The summed E-state index contributed by atoms with van der Waals surface area (Å²) in [4.78, 5) is 11.1. The Balaban J connectivity index is 1.96. The van der Waals surface area contributed by atoms with Gasteiger partial charge in [-0.1, -0.05) is 54.6 Å². The summed E-state index contributed by atoms with van der Waals surface area (Å²) >= 11 is 0. The quantitative estimate of drug-likeness (QED) is 0.311. The van der Waals surface area contributed by atoms with Crippen LogP contribution >= 0.6 is 0 Å². The molecule has 0 aliphatic rings. The predicted octanol–water partition coefficient (Wildman–Crippen LogP) is 5.06. The third-order valence-corrected chi connectivity index (χ3v) is 5.55. The Morgan fingerprint density at radius 2 is 1.40 bits per heavy atom. The van der Waals surface area contributed by atoms with E-state index >= 15 is 0 Å². The van der Waals surface area contributed by atoms with E-state index in [2.05, 4.69) is 10.2 Å². The molecule has 0 heterocycles. The highest BCUT2D eigenvalue weighted by atomic mass is 32.2. The highest BCUT2D eigenvalue weighted by Gasteiger charge is 2.20. The molecule has 0 saturated carbocycles. The summed E-state index contributed by atoms with van der Waals surface area (Å²) in [6, 6.07) is 17.2. The molecule has 0 aliphatic heterocycles. The van der Waals surface area contributed by atoms with Gasteiger partial charge in [0, 0.05) is 16.2 Å². The fourth-order valence-corrected chi connectivity index (χ4v) is 4.11. The van der Waals surface area contributed by atoms with Gasteiger partial charge in [-0.25, -0.2) is 4.79 Å². The maximum Gasteiger partial charge on any atom is 0.339 e. The highest BCUT2D eigenvalue weighted by molar-refractivity contribution is 7.86. The molecule has 4 rings (SSSR count). The summed E-state index contributed by atoms with van der Waals surface area (Å²) in [5, 5.41) is 29.2. The normalized spacial score (nSPS) is 12.0. The van der Waals surface area contributed by atoms with Crippen LogP contribution in [0.5, 0.6) is 5.75 Å². The summed E-state index contributed by atoms with van der Waals surface area (Å²) in [5.74, 6) is -1.75. The lowest BCUT2D eigenvalue weighted by atomic mass is 10.0. The lowest BCUT2D eigenvalue weighted by Crippen LogP contribution is -1.99. The molecular weight excluding hydrogens is 408 g/mol. The van der Waals surface area contributed by atoms with Crippen LogP contribution in [0.3, 0.4) is 0 Å². The average Bonchev–Trinajstić information content (AvgIpc) is 2.72. The number of aromatic carboxylic acids is 1. The summed E-state index contributed by atoms with van der Waals surface area (Å²) < 4.78 is 33.8. The first-order chi connectivity index (χ1) is 14.3. The van der Waals surface area contributed by atoms with E-state index in [1.54, 1.807) is 42.5 Å². The van der Waals surface area contributed by atoms with E-state index < -0.39 is 26.7 Å². The Morgan fingerprint density at radius 3 is 2.07 bits per heavy atom. The molecule has 0 radical (unpaired) electrons. The Bertz CT molecular complexity index is 1460. The number of fused-ring (bicyclic) bond motifs is 2. The Morgan fingerprint density at radius 1 is 0.800 bits per heavy atom. The van der Waals surface area contributed by atoms with Gasteiger partial charge in [-0.3, -0.25) is 4.55 Å². The number of carboxylic acid groups (broad SMARTS) is 1. The van der Waals surface area contributed by atoms with Gasteiger partial charge in [-0.05, 0) is 17.5 Å². The van der Waals surface area contributed by atoms with Crippen LogP contribution in [0, 0.1) is 0 Å². The Kier molecular flexibility index (Phi) is 4.69. The molecule has 0 saturated heterocycles. The smallest absolute Gasteiger partial charge is 0.339 e. The summed E-state index contributed by atoms with van der Waals surface area (Å²) in [6.45, 7) is 0. The number of carboxylic acids is 1. The number of aromatic hydroxyl groups is 1. The molecule has 0 spiro atoms. The lowest BCUT2D eigenvalue weighted by molar-refractivity contribution is 0.0694. The minimum absolute atomic E-state index is 0.106. The molecular formula is C21H14N2O6S. The SMILES string of the molecule is O=C(O)c1cc(N=Nc2ccc3ccccc3c2S(=O)(=O)O)c2ccccc2c1O. The second-order valence-electron chi connectivity index (χ2n) is 6.45. The maximum atomic E-state index is 12.0. The van der Waals surface area contributed by atoms with Crippen LogP contribution in [0.15, 0.2) is 81.9 Å². The molecule has 0 amide bonds. The van der Waals surface area contributed by atoms with E-state index in [4.69, 9.17) is 0 Å². The molecule has 150 valence electrons. The Hall–Kier alpha value is -3.82. The molecule has 4 aromatic carbocycles. The zero-order chi connectivity index (χ0) is 21.5. The minimum Gasteiger partial charge on any atom is -0.506 e. The van der Waals surface area contributed by atoms with Crippen molar-refractivity contribution in [2.45, 2.75) is 4.90 Å². The van der Waals surface area contributed by atoms with Crippen molar-refractivity contribution in [2.75, 3.05) is 0 Å². The fraction of sp³-hybridized carbons (Fsp3) is 0. The van der Waals surface area contributed by atoms with Crippen LogP contribution in [-0.4, -0.2) is 29.2 Å². The first-order valence-electron chi connectivity index (χ1n) is 8.66. The van der Waals surface area contributed by atoms with Gasteiger partial charge >= 0.3 is 5.97 Å². The van der Waals surface area contributed by atoms with Crippen LogP contribution in [0.1, 0.15) is 10.4 Å². The molecule has 0 aromatic heterocycles. The van der Waals surface area contributed by atoms with Gasteiger partial charge in [0.25, 0.3) is 10.1 Å². The second kappa shape index (κ2) is 7.21. The van der Waals surface area contributed by atoms with Gasteiger partial charge in [-0.2, -0.15) is 8.42 Å². The fourth-order valence-electron chi connectivity index (χ4n) is 3.28. The molecule has 9 heteroatoms. The number of nitrogens with zero attached hydrogens (tertiary/aromatic N) is 2. The topological polar surface area (TPSA) is 137 Å². The summed E-state index contributed by atoms with van der Waals surface area (Å²) in [7, 11) is -4.62. The van der Waals surface area contributed by atoms with Gasteiger partial charge in [0.2, 0.25) is 0 Å². The molecule has 0 unspecified atom stereocenters.